The minimum absolute atomic E-state index is 0.00815. The lowest BCUT2D eigenvalue weighted by atomic mass is 9.87. The lowest BCUT2D eigenvalue weighted by Crippen LogP contribution is -2.39. The number of carbonyl (C=O) groups excluding carboxylic acids is 1. The van der Waals surface area contributed by atoms with Crippen molar-refractivity contribution in [2.75, 3.05) is 11.9 Å². The first kappa shape index (κ1) is 15.6. The molecule has 1 rings (SSSR count). The number of hydrogen-bond donors (Lipinski definition) is 0. The van der Waals surface area contributed by atoms with Crippen LogP contribution in [-0.2, 0) is 0 Å². The molecule has 0 aromatic carbocycles. The summed E-state index contributed by atoms with van der Waals surface area (Å²) in [6.45, 7) is 9.70. The Labute approximate surface area is 117 Å². The molecule has 5 nitrogen and oxygen atoms in total. The van der Waals surface area contributed by atoms with Gasteiger partial charge < -0.3 is 4.90 Å². The molecule has 1 atom stereocenters. The summed E-state index contributed by atoms with van der Waals surface area (Å²) in [5.41, 5.74) is -0.00277. The Bertz CT molecular complexity index is 502. The van der Waals surface area contributed by atoms with Gasteiger partial charge in [-0.3, -0.25) is 14.9 Å². The third-order valence-corrected chi connectivity index (χ3v) is 4.71. The van der Waals surface area contributed by atoms with Crippen LogP contribution in [0.25, 0.3) is 0 Å². The fraction of sp³-hybridized carbons (Fsp3) is 0.615. The number of hydrogen-bond acceptors (Lipinski definition) is 5. The molecule has 106 valence electrons. The maximum absolute atomic E-state index is 11.4. The first-order valence-corrected chi connectivity index (χ1v) is 6.89. The molecule has 0 spiro atoms. The van der Waals surface area contributed by atoms with Gasteiger partial charge in [-0.25, -0.2) is 0 Å². The van der Waals surface area contributed by atoms with Crippen molar-refractivity contribution in [2.45, 2.75) is 40.7 Å². The molecule has 1 heterocycles. The fourth-order valence-corrected chi connectivity index (χ4v) is 2.75. The van der Waals surface area contributed by atoms with Gasteiger partial charge in [0, 0.05) is 19.2 Å². The molecule has 0 N–H and O–H groups in total. The zero-order valence-electron chi connectivity index (χ0n) is 12.2. The Hall–Kier alpha value is -1.43. The van der Waals surface area contributed by atoms with E-state index in [0.717, 1.165) is 0 Å². The van der Waals surface area contributed by atoms with Gasteiger partial charge in [-0.2, -0.15) is 0 Å². The maximum Gasteiger partial charge on any atom is 0.304 e. The minimum Gasteiger partial charge on any atom is -0.358 e. The number of rotatable bonds is 4. The molecule has 0 bridgehead atoms. The van der Waals surface area contributed by atoms with E-state index in [-0.39, 0.29) is 22.9 Å². The number of ketones is 1. The molecule has 0 saturated carbocycles. The van der Waals surface area contributed by atoms with Crippen molar-refractivity contribution in [3.63, 3.8) is 0 Å². The van der Waals surface area contributed by atoms with Gasteiger partial charge in [0.05, 0.1) is 9.80 Å². The fourth-order valence-electron chi connectivity index (χ4n) is 1.69. The van der Waals surface area contributed by atoms with Crippen LogP contribution in [-0.4, -0.2) is 23.8 Å². The highest BCUT2D eigenvalue weighted by Gasteiger charge is 2.30. The Morgan fingerprint density at radius 3 is 2.37 bits per heavy atom. The number of carbonyl (C=O) groups is 1. The molecular weight excluding hydrogens is 264 g/mol. The summed E-state index contributed by atoms with van der Waals surface area (Å²) in [6, 6.07) is 1.48. The Morgan fingerprint density at radius 1 is 1.47 bits per heavy atom. The van der Waals surface area contributed by atoms with Gasteiger partial charge in [-0.15, -0.1) is 11.3 Å². The van der Waals surface area contributed by atoms with Crippen molar-refractivity contribution in [3.8, 4) is 0 Å². The molecule has 0 aliphatic carbocycles. The zero-order valence-corrected chi connectivity index (χ0v) is 13.0. The van der Waals surface area contributed by atoms with Crippen LogP contribution in [0.1, 0.15) is 44.3 Å². The molecule has 6 heteroatoms. The predicted octanol–water partition coefficient (Wildman–Crippen LogP) is 3.73. The minimum atomic E-state index is -0.426. The van der Waals surface area contributed by atoms with E-state index in [1.807, 2.05) is 18.9 Å². The Balaban J connectivity index is 3.25. The van der Waals surface area contributed by atoms with E-state index in [9.17, 15) is 14.9 Å². The van der Waals surface area contributed by atoms with Crippen molar-refractivity contribution in [2.24, 2.45) is 5.41 Å². The van der Waals surface area contributed by atoms with Crippen LogP contribution in [0.4, 0.5) is 10.7 Å². The van der Waals surface area contributed by atoms with E-state index >= 15 is 0 Å². The summed E-state index contributed by atoms with van der Waals surface area (Å²) in [5, 5.41) is 11.6. The highest BCUT2D eigenvalue weighted by Crippen LogP contribution is 2.40. The highest BCUT2D eigenvalue weighted by molar-refractivity contribution is 7.18. The summed E-state index contributed by atoms with van der Waals surface area (Å²) in [4.78, 5) is 24.4. The number of Topliss-reactive ketones (excluding diaryl/α,β-unsaturated/α-hetero) is 1. The van der Waals surface area contributed by atoms with Crippen molar-refractivity contribution in [3.05, 3.63) is 21.1 Å². The SMILES string of the molecule is CC(=O)c1cc([N+](=O)[O-])c(N(C)C(C)C(C)(C)C)s1. The molecular formula is C13H20N2O3S. The second-order valence-electron chi connectivity index (χ2n) is 5.77. The van der Waals surface area contributed by atoms with Crippen LogP contribution in [0.15, 0.2) is 6.07 Å². The summed E-state index contributed by atoms with van der Waals surface area (Å²) >= 11 is 1.18. The summed E-state index contributed by atoms with van der Waals surface area (Å²) < 4.78 is 0. The van der Waals surface area contributed by atoms with Crippen molar-refractivity contribution >= 4 is 27.8 Å². The normalized spacial score (nSPS) is 13.2. The molecule has 1 aromatic rings. The third-order valence-electron chi connectivity index (χ3n) is 3.39. The largest absolute Gasteiger partial charge is 0.358 e. The number of nitro groups is 1. The standard InChI is InChI=1S/C13H20N2O3S/c1-8(16)11-7-10(15(17)18)12(19-11)14(6)9(2)13(3,4)5/h7,9H,1-6H3. The summed E-state index contributed by atoms with van der Waals surface area (Å²) in [5.74, 6) is -0.142. The lowest BCUT2D eigenvalue weighted by molar-refractivity contribution is -0.383. The van der Waals surface area contributed by atoms with Gasteiger partial charge in [0.15, 0.2) is 10.8 Å². The van der Waals surface area contributed by atoms with Crippen LogP contribution in [0.3, 0.4) is 0 Å². The van der Waals surface area contributed by atoms with E-state index in [1.165, 1.54) is 24.3 Å². The van der Waals surface area contributed by atoms with E-state index in [2.05, 4.69) is 20.8 Å². The second-order valence-corrected chi connectivity index (χ2v) is 6.80. The molecule has 0 aliphatic rings. The average molecular weight is 284 g/mol. The first-order chi connectivity index (χ1) is 8.55. The van der Waals surface area contributed by atoms with Crippen LogP contribution < -0.4 is 4.90 Å². The monoisotopic (exact) mass is 284 g/mol. The van der Waals surface area contributed by atoms with Crippen LogP contribution >= 0.6 is 11.3 Å². The average Bonchev–Trinajstić information content (AvgIpc) is 2.70. The van der Waals surface area contributed by atoms with Gasteiger partial charge in [-0.1, -0.05) is 20.8 Å². The molecule has 0 aliphatic heterocycles. The quantitative estimate of drug-likeness (QED) is 0.480. The third kappa shape index (κ3) is 3.32. The Kier molecular flexibility index (Phi) is 4.35. The van der Waals surface area contributed by atoms with E-state index < -0.39 is 4.92 Å². The number of thiophene rings is 1. The van der Waals surface area contributed by atoms with Gasteiger partial charge in [-0.05, 0) is 19.3 Å². The van der Waals surface area contributed by atoms with Gasteiger partial charge in [0.25, 0.3) is 0 Å². The molecule has 0 radical (unpaired) electrons. The van der Waals surface area contributed by atoms with E-state index in [0.29, 0.717) is 9.88 Å². The summed E-state index contributed by atoms with van der Waals surface area (Å²) in [6.07, 6.45) is 0. The van der Waals surface area contributed by atoms with Crippen molar-refractivity contribution in [1.82, 2.24) is 0 Å². The lowest BCUT2D eigenvalue weighted by Gasteiger charge is -2.35. The number of anilines is 1. The Morgan fingerprint density at radius 2 is 2.00 bits per heavy atom. The van der Waals surface area contributed by atoms with Gasteiger partial charge >= 0.3 is 5.69 Å². The predicted molar refractivity (Wildman–Crippen MR) is 78.3 cm³/mol. The molecule has 0 saturated heterocycles. The van der Waals surface area contributed by atoms with Gasteiger partial charge in [0.2, 0.25) is 0 Å². The second kappa shape index (κ2) is 5.28. The van der Waals surface area contributed by atoms with Crippen molar-refractivity contribution < 1.29 is 9.72 Å². The van der Waals surface area contributed by atoms with E-state index in [1.54, 1.807) is 0 Å². The first-order valence-electron chi connectivity index (χ1n) is 6.07. The maximum atomic E-state index is 11.4. The summed E-state index contributed by atoms with van der Waals surface area (Å²) in [7, 11) is 1.83. The molecule has 0 amide bonds. The number of nitrogens with zero attached hydrogens (tertiary/aromatic N) is 2. The molecule has 1 aromatic heterocycles. The van der Waals surface area contributed by atoms with Crippen LogP contribution in [0.5, 0.6) is 0 Å². The molecule has 1 unspecified atom stereocenters. The zero-order chi connectivity index (χ0) is 15.0. The molecule has 0 fully saturated rings. The van der Waals surface area contributed by atoms with Crippen LogP contribution in [0, 0.1) is 15.5 Å². The topological polar surface area (TPSA) is 63.4 Å². The molecule has 19 heavy (non-hydrogen) atoms. The van der Waals surface area contributed by atoms with Crippen LogP contribution in [0.2, 0.25) is 0 Å². The van der Waals surface area contributed by atoms with Crippen molar-refractivity contribution in [1.29, 1.82) is 0 Å². The smallest absolute Gasteiger partial charge is 0.304 e. The highest BCUT2D eigenvalue weighted by atomic mass is 32.1. The van der Waals surface area contributed by atoms with Gasteiger partial charge in [0.1, 0.15) is 0 Å². The van der Waals surface area contributed by atoms with E-state index in [4.69, 9.17) is 0 Å².